The summed E-state index contributed by atoms with van der Waals surface area (Å²) in [5.74, 6) is 1.28. The summed E-state index contributed by atoms with van der Waals surface area (Å²) < 4.78 is 26.1. The third-order valence-electron chi connectivity index (χ3n) is 1.86. The third-order valence-corrected chi connectivity index (χ3v) is 1.86. The van der Waals surface area contributed by atoms with Gasteiger partial charge in [0.05, 0.1) is 6.54 Å². The first-order chi connectivity index (χ1) is 7.95. The summed E-state index contributed by atoms with van der Waals surface area (Å²) in [6.07, 6.45) is -1.50. The van der Waals surface area contributed by atoms with Crippen molar-refractivity contribution in [2.75, 3.05) is 17.3 Å². The number of carbonyl (C=O) groups excluding carboxylic acids is 1. The van der Waals surface area contributed by atoms with Crippen LogP contribution in [0.3, 0.4) is 0 Å². The van der Waals surface area contributed by atoms with Crippen molar-refractivity contribution in [3.8, 4) is 0 Å². The number of nitrogens with zero attached hydrogens (tertiary/aromatic N) is 1. The fourth-order valence-corrected chi connectivity index (χ4v) is 0.986. The highest BCUT2D eigenvalue weighted by Gasteiger charge is 2.14. The van der Waals surface area contributed by atoms with Crippen molar-refractivity contribution in [1.82, 2.24) is 4.98 Å². The molecule has 17 heavy (non-hydrogen) atoms. The van der Waals surface area contributed by atoms with Crippen LogP contribution in [0.2, 0.25) is 0 Å². The van der Waals surface area contributed by atoms with Gasteiger partial charge < -0.3 is 21.6 Å². The minimum Gasteiger partial charge on any atom is -0.381 e. The number of hydrogen-bond donors (Lipinski definition) is 5. The molecule has 1 aromatic rings. The number of aliphatic hydroxyl groups excluding tert-OH is 1. The maximum atomic E-state index is 13.2. The molecule has 0 saturated heterocycles. The number of anilines is 2. The Morgan fingerprint density at radius 1 is 1.47 bits per heavy atom. The molecule has 0 aliphatic heterocycles. The summed E-state index contributed by atoms with van der Waals surface area (Å²) in [4.78, 5) is 14.0. The number of aliphatic hydroxyl groups is 1. The molecule has 0 aliphatic carbocycles. The van der Waals surface area contributed by atoms with Crippen LogP contribution in [0.1, 0.15) is 0 Å². The Bertz CT molecular complexity index is 429. The van der Waals surface area contributed by atoms with Gasteiger partial charge in [0, 0.05) is 6.07 Å². The monoisotopic (exact) mass is 247 g/mol. The Morgan fingerprint density at radius 2 is 2.06 bits per heavy atom. The number of nitrogens with two attached hydrogens (primary N) is 2. The summed E-state index contributed by atoms with van der Waals surface area (Å²) in [5, 5.41) is 11.4. The molecule has 1 rings (SSSR count). The van der Waals surface area contributed by atoms with E-state index in [2.05, 4.69) is 10.3 Å². The number of hydrogen-bond acceptors (Lipinski definition) is 6. The summed E-state index contributed by atoms with van der Waals surface area (Å²) in [5.41, 5.74) is 6.71. The molecule has 0 saturated carbocycles. The van der Waals surface area contributed by atoms with Crippen molar-refractivity contribution < 1.29 is 18.7 Å². The number of amides is 1. The summed E-state index contributed by atoms with van der Waals surface area (Å²) in [6, 6.07) is 0.557. The minimum absolute atomic E-state index is 0.352. The largest absolute Gasteiger partial charge is 0.381 e. The number of pyridine rings is 1. The van der Waals surface area contributed by atoms with E-state index in [1.807, 2.05) is 5.43 Å². The molecule has 0 radical (unpaired) electrons. The van der Waals surface area contributed by atoms with Crippen LogP contribution in [0, 0.1) is 11.6 Å². The maximum absolute atomic E-state index is 13.2. The Morgan fingerprint density at radius 3 is 2.59 bits per heavy atom. The molecule has 1 amide bonds. The second-order valence-electron chi connectivity index (χ2n) is 3.09. The van der Waals surface area contributed by atoms with Crippen LogP contribution >= 0.6 is 0 Å². The number of primary amides is 1. The molecule has 7 N–H and O–H groups in total. The van der Waals surface area contributed by atoms with Crippen LogP contribution in [0.15, 0.2) is 6.07 Å². The normalized spacial score (nSPS) is 12.0. The molecule has 1 unspecified atom stereocenters. The zero-order chi connectivity index (χ0) is 13.0. The Labute approximate surface area is 94.8 Å². The van der Waals surface area contributed by atoms with Crippen LogP contribution in [0.4, 0.5) is 20.4 Å². The van der Waals surface area contributed by atoms with Gasteiger partial charge >= 0.3 is 0 Å². The number of nitrogen functional groups attached to an aromatic ring is 1. The predicted molar refractivity (Wildman–Crippen MR) is 55.7 cm³/mol. The van der Waals surface area contributed by atoms with E-state index in [0.717, 1.165) is 0 Å². The second-order valence-corrected chi connectivity index (χ2v) is 3.09. The topological polar surface area (TPSA) is 126 Å². The number of rotatable bonds is 5. The Kier molecular flexibility index (Phi) is 4.12. The number of hydrazine groups is 1. The highest BCUT2D eigenvalue weighted by atomic mass is 19.1. The van der Waals surface area contributed by atoms with Gasteiger partial charge in [-0.2, -0.15) is 0 Å². The molecular weight excluding hydrogens is 236 g/mol. The zero-order valence-electron chi connectivity index (χ0n) is 8.58. The summed E-state index contributed by atoms with van der Waals surface area (Å²) in [7, 11) is 0. The smallest absolute Gasteiger partial charge is 0.248 e. The zero-order valence-corrected chi connectivity index (χ0v) is 8.58. The van der Waals surface area contributed by atoms with Gasteiger partial charge in [0.1, 0.15) is 6.10 Å². The molecule has 0 aromatic carbocycles. The second kappa shape index (κ2) is 5.37. The molecule has 1 atom stereocenters. The molecule has 0 aliphatic rings. The van der Waals surface area contributed by atoms with Gasteiger partial charge in [-0.25, -0.2) is 19.6 Å². The van der Waals surface area contributed by atoms with Crippen LogP contribution in [0.25, 0.3) is 0 Å². The molecule has 94 valence electrons. The lowest BCUT2D eigenvalue weighted by Gasteiger charge is -2.11. The molecule has 0 bridgehead atoms. The van der Waals surface area contributed by atoms with Crippen molar-refractivity contribution in [2.45, 2.75) is 6.10 Å². The number of aromatic nitrogens is 1. The first kappa shape index (κ1) is 13.1. The van der Waals surface area contributed by atoms with Gasteiger partial charge in [-0.05, 0) is 0 Å². The van der Waals surface area contributed by atoms with Crippen molar-refractivity contribution in [1.29, 1.82) is 0 Å². The lowest BCUT2D eigenvalue weighted by Crippen LogP contribution is -2.34. The SMILES string of the molecule is NNc1nc(NCC(O)C(N)=O)c(F)cc1F. The quantitative estimate of drug-likeness (QED) is 0.332. The van der Waals surface area contributed by atoms with Gasteiger partial charge in [-0.3, -0.25) is 4.79 Å². The predicted octanol–water partition coefficient (Wildman–Crippen LogP) is -1.10. The number of halogens is 2. The molecule has 1 aromatic heterocycles. The Hall–Kier alpha value is -2.00. The molecule has 1 heterocycles. The van der Waals surface area contributed by atoms with Crippen molar-refractivity contribution in [3.63, 3.8) is 0 Å². The Balaban J connectivity index is 2.80. The summed E-state index contributed by atoms with van der Waals surface area (Å²) >= 11 is 0. The van der Waals surface area contributed by atoms with Gasteiger partial charge in [0.2, 0.25) is 5.91 Å². The highest BCUT2D eigenvalue weighted by Crippen LogP contribution is 2.17. The third kappa shape index (κ3) is 3.23. The number of carbonyl (C=O) groups is 1. The van der Waals surface area contributed by atoms with Crippen LogP contribution in [-0.4, -0.2) is 28.6 Å². The molecule has 9 heteroatoms. The van der Waals surface area contributed by atoms with Crippen LogP contribution in [0.5, 0.6) is 0 Å². The van der Waals surface area contributed by atoms with E-state index in [0.29, 0.717) is 6.07 Å². The van der Waals surface area contributed by atoms with Gasteiger partial charge in [-0.15, -0.1) is 0 Å². The fourth-order valence-electron chi connectivity index (χ4n) is 0.986. The van der Waals surface area contributed by atoms with E-state index < -0.39 is 23.6 Å². The fraction of sp³-hybridized carbons (Fsp3) is 0.250. The van der Waals surface area contributed by atoms with E-state index in [1.165, 1.54) is 0 Å². The first-order valence-corrected chi connectivity index (χ1v) is 4.49. The average molecular weight is 247 g/mol. The van der Waals surface area contributed by atoms with E-state index >= 15 is 0 Å². The van der Waals surface area contributed by atoms with Crippen molar-refractivity contribution in [3.05, 3.63) is 17.7 Å². The highest BCUT2D eigenvalue weighted by molar-refractivity contribution is 5.79. The average Bonchev–Trinajstić information content (AvgIpc) is 2.27. The number of nitrogens with one attached hydrogen (secondary N) is 2. The molecule has 7 nitrogen and oxygen atoms in total. The lowest BCUT2D eigenvalue weighted by atomic mass is 10.3. The van der Waals surface area contributed by atoms with Gasteiger partial charge in [-0.1, -0.05) is 0 Å². The maximum Gasteiger partial charge on any atom is 0.248 e. The lowest BCUT2D eigenvalue weighted by molar-refractivity contribution is -0.125. The van der Waals surface area contributed by atoms with Crippen molar-refractivity contribution in [2.24, 2.45) is 11.6 Å². The van der Waals surface area contributed by atoms with Crippen LogP contribution < -0.4 is 22.3 Å². The standard InChI is InChI=1S/C8H11F2N5O2/c9-3-1-4(10)8(15-12)14-7(3)13-2-5(16)6(11)17/h1,5,16H,2,12H2,(H2,11,17)(H2,13,14,15). The first-order valence-electron chi connectivity index (χ1n) is 4.49. The molecule has 0 spiro atoms. The van der Waals surface area contributed by atoms with E-state index in [-0.39, 0.29) is 18.2 Å². The van der Waals surface area contributed by atoms with Crippen molar-refractivity contribution >= 4 is 17.5 Å². The van der Waals surface area contributed by atoms with Crippen LogP contribution in [-0.2, 0) is 4.79 Å². The van der Waals surface area contributed by atoms with E-state index in [4.69, 9.17) is 16.7 Å². The minimum atomic E-state index is -1.50. The summed E-state index contributed by atoms with van der Waals surface area (Å²) in [6.45, 7) is -0.352. The molecular formula is C8H11F2N5O2. The van der Waals surface area contributed by atoms with E-state index in [1.54, 1.807) is 0 Å². The van der Waals surface area contributed by atoms with Gasteiger partial charge in [0.15, 0.2) is 23.3 Å². The van der Waals surface area contributed by atoms with E-state index in [9.17, 15) is 13.6 Å². The van der Waals surface area contributed by atoms with Gasteiger partial charge in [0.25, 0.3) is 0 Å². The molecule has 0 fully saturated rings.